The SMILES string of the molecule is Cc1c(NS(=O)(=O)c2nnc(NC(=O)c3ccc(Cl)cc3)s2)cccc1[N+](=O)[O-]. The number of anilines is 2. The third-order valence-electron chi connectivity index (χ3n) is 3.71. The summed E-state index contributed by atoms with van der Waals surface area (Å²) in [5, 5.41) is 21.1. The molecule has 0 unspecified atom stereocenters. The van der Waals surface area contributed by atoms with E-state index in [1.54, 1.807) is 0 Å². The molecule has 0 spiro atoms. The molecule has 0 radical (unpaired) electrons. The molecular formula is C16H12ClN5O5S2. The number of amides is 1. The zero-order valence-corrected chi connectivity index (χ0v) is 17.0. The van der Waals surface area contributed by atoms with Crippen LogP contribution in [0.4, 0.5) is 16.5 Å². The number of sulfonamides is 1. The molecule has 1 heterocycles. The van der Waals surface area contributed by atoms with Gasteiger partial charge >= 0.3 is 0 Å². The normalized spacial score (nSPS) is 11.1. The van der Waals surface area contributed by atoms with Crippen LogP contribution >= 0.6 is 22.9 Å². The Kier molecular flexibility index (Phi) is 5.77. The van der Waals surface area contributed by atoms with Crippen molar-refractivity contribution in [1.29, 1.82) is 0 Å². The predicted octanol–water partition coefficient (Wildman–Crippen LogP) is 3.46. The van der Waals surface area contributed by atoms with E-state index < -0.39 is 25.2 Å². The van der Waals surface area contributed by atoms with Crippen LogP contribution < -0.4 is 10.0 Å². The Morgan fingerprint density at radius 3 is 2.52 bits per heavy atom. The molecule has 0 aliphatic carbocycles. The molecular weight excluding hydrogens is 442 g/mol. The van der Waals surface area contributed by atoms with Gasteiger partial charge in [-0.3, -0.25) is 24.9 Å². The van der Waals surface area contributed by atoms with Gasteiger partial charge in [-0.1, -0.05) is 29.0 Å². The molecule has 3 aromatic rings. The summed E-state index contributed by atoms with van der Waals surface area (Å²) in [4.78, 5) is 22.6. The van der Waals surface area contributed by atoms with E-state index in [0.29, 0.717) is 21.9 Å². The van der Waals surface area contributed by atoms with Gasteiger partial charge in [-0.05, 0) is 37.3 Å². The Balaban J connectivity index is 1.79. The van der Waals surface area contributed by atoms with Gasteiger partial charge in [0, 0.05) is 16.7 Å². The third-order valence-corrected chi connectivity index (χ3v) is 6.53. The van der Waals surface area contributed by atoms with Crippen LogP contribution in [0.5, 0.6) is 0 Å². The molecule has 0 saturated heterocycles. The molecule has 0 atom stereocenters. The van der Waals surface area contributed by atoms with Crippen LogP contribution in [0.1, 0.15) is 15.9 Å². The number of nitrogens with one attached hydrogen (secondary N) is 2. The van der Waals surface area contributed by atoms with Crippen molar-refractivity contribution in [1.82, 2.24) is 10.2 Å². The minimum absolute atomic E-state index is 0.0268. The summed E-state index contributed by atoms with van der Waals surface area (Å²) in [6.45, 7) is 1.42. The molecule has 1 aromatic heterocycles. The van der Waals surface area contributed by atoms with Gasteiger partial charge < -0.3 is 0 Å². The first-order chi connectivity index (χ1) is 13.7. The highest BCUT2D eigenvalue weighted by atomic mass is 35.5. The second kappa shape index (κ2) is 8.11. The van der Waals surface area contributed by atoms with Gasteiger partial charge in [-0.2, -0.15) is 8.42 Å². The standard InChI is InChI=1S/C16H12ClN5O5S2/c1-9-12(3-2-4-13(9)22(24)25)21-29(26,27)16-20-19-15(28-16)18-14(23)10-5-7-11(17)8-6-10/h2-8,21H,1H3,(H,18,19,23). The number of hydrogen-bond donors (Lipinski definition) is 2. The van der Waals surface area contributed by atoms with Crippen molar-refractivity contribution >= 4 is 55.4 Å². The highest BCUT2D eigenvalue weighted by molar-refractivity contribution is 7.94. The Morgan fingerprint density at radius 1 is 1.17 bits per heavy atom. The minimum Gasteiger partial charge on any atom is -0.296 e. The highest BCUT2D eigenvalue weighted by Gasteiger charge is 2.24. The summed E-state index contributed by atoms with van der Waals surface area (Å²) in [7, 11) is -4.16. The van der Waals surface area contributed by atoms with Crippen molar-refractivity contribution in [2.75, 3.05) is 10.0 Å². The Bertz CT molecular complexity index is 1190. The molecule has 0 aliphatic heterocycles. The van der Waals surface area contributed by atoms with Crippen molar-refractivity contribution in [2.24, 2.45) is 0 Å². The number of nitrogens with zero attached hydrogens (tertiary/aromatic N) is 3. The summed E-state index contributed by atoms with van der Waals surface area (Å²) < 4.78 is 26.9. The summed E-state index contributed by atoms with van der Waals surface area (Å²) in [6.07, 6.45) is 0. The number of carbonyl (C=O) groups is 1. The van der Waals surface area contributed by atoms with Crippen LogP contribution in [0.2, 0.25) is 5.02 Å². The Hall–Kier alpha value is -3.09. The lowest BCUT2D eigenvalue weighted by molar-refractivity contribution is -0.385. The van der Waals surface area contributed by atoms with Gasteiger partial charge in [0.25, 0.3) is 26.0 Å². The van der Waals surface area contributed by atoms with E-state index in [-0.39, 0.29) is 22.1 Å². The zero-order chi connectivity index (χ0) is 21.2. The van der Waals surface area contributed by atoms with E-state index in [0.717, 1.165) is 0 Å². The number of rotatable bonds is 6. The minimum atomic E-state index is -4.16. The lowest BCUT2D eigenvalue weighted by Crippen LogP contribution is -2.14. The summed E-state index contributed by atoms with van der Waals surface area (Å²) >= 11 is 6.41. The van der Waals surface area contributed by atoms with Gasteiger partial charge in [-0.25, -0.2) is 0 Å². The average molecular weight is 454 g/mol. The second-order valence-electron chi connectivity index (χ2n) is 5.65. The van der Waals surface area contributed by atoms with E-state index >= 15 is 0 Å². The summed E-state index contributed by atoms with van der Waals surface area (Å²) in [5.41, 5.74) is 0.278. The predicted molar refractivity (Wildman–Crippen MR) is 108 cm³/mol. The van der Waals surface area contributed by atoms with Crippen LogP contribution in [0.3, 0.4) is 0 Å². The van der Waals surface area contributed by atoms with Crippen LogP contribution in [-0.4, -0.2) is 29.4 Å². The van der Waals surface area contributed by atoms with Gasteiger partial charge in [0.15, 0.2) is 0 Å². The lowest BCUT2D eigenvalue weighted by atomic mass is 10.2. The first-order valence-electron chi connectivity index (χ1n) is 7.84. The van der Waals surface area contributed by atoms with Crippen LogP contribution in [-0.2, 0) is 10.0 Å². The molecule has 3 rings (SSSR count). The highest BCUT2D eigenvalue weighted by Crippen LogP contribution is 2.28. The van der Waals surface area contributed by atoms with E-state index in [1.807, 2.05) is 0 Å². The summed E-state index contributed by atoms with van der Waals surface area (Å²) in [5.74, 6) is -0.510. The monoisotopic (exact) mass is 453 g/mol. The zero-order valence-electron chi connectivity index (χ0n) is 14.6. The average Bonchev–Trinajstić information content (AvgIpc) is 3.13. The van der Waals surface area contributed by atoms with Crippen LogP contribution in [0, 0.1) is 17.0 Å². The maximum absolute atomic E-state index is 12.5. The maximum atomic E-state index is 12.5. The van der Waals surface area contributed by atoms with Crippen LogP contribution in [0.15, 0.2) is 46.8 Å². The van der Waals surface area contributed by atoms with E-state index in [4.69, 9.17) is 11.6 Å². The molecule has 150 valence electrons. The fourth-order valence-electron chi connectivity index (χ4n) is 2.26. The number of benzene rings is 2. The van der Waals surface area contributed by atoms with Gasteiger partial charge in [0.05, 0.1) is 16.2 Å². The lowest BCUT2D eigenvalue weighted by Gasteiger charge is -2.08. The second-order valence-corrected chi connectivity index (χ2v) is 8.92. The smallest absolute Gasteiger partial charge is 0.291 e. The molecule has 0 aliphatic rings. The first kappa shape index (κ1) is 20.6. The molecule has 1 amide bonds. The molecule has 2 N–H and O–H groups in total. The van der Waals surface area contributed by atoms with Crippen LogP contribution in [0.25, 0.3) is 0 Å². The topological polar surface area (TPSA) is 144 Å². The molecule has 0 saturated carbocycles. The molecule has 13 heteroatoms. The van der Waals surface area contributed by atoms with Gasteiger partial charge in [-0.15, -0.1) is 10.2 Å². The van der Waals surface area contributed by atoms with Crippen molar-refractivity contribution in [3.8, 4) is 0 Å². The molecule has 2 aromatic carbocycles. The van der Waals surface area contributed by atoms with Gasteiger partial charge in [0.1, 0.15) is 0 Å². The van der Waals surface area contributed by atoms with Crippen molar-refractivity contribution in [3.05, 3.63) is 68.7 Å². The van der Waals surface area contributed by atoms with Crippen molar-refractivity contribution in [3.63, 3.8) is 0 Å². The number of nitro benzene ring substituents is 1. The Labute approximate surface area is 173 Å². The van der Waals surface area contributed by atoms with Crippen molar-refractivity contribution < 1.29 is 18.1 Å². The maximum Gasteiger partial charge on any atom is 0.291 e. The largest absolute Gasteiger partial charge is 0.296 e. The number of nitro groups is 1. The molecule has 0 bridgehead atoms. The molecule has 29 heavy (non-hydrogen) atoms. The number of halogens is 1. The molecule has 0 fully saturated rings. The fraction of sp³-hybridized carbons (Fsp3) is 0.0625. The van der Waals surface area contributed by atoms with Crippen molar-refractivity contribution in [2.45, 2.75) is 11.3 Å². The van der Waals surface area contributed by atoms with E-state index in [2.05, 4.69) is 20.2 Å². The third kappa shape index (κ3) is 4.67. The van der Waals surface area contributed by atoms with Gasteiger partial charge in [0.2, 0.25) is 5.13 Å². The van der Waals surface area contributed by atoms with E-state index in [9.17, 15) is 23.3 Å². The number of hydrogen-bond acceptors (Lipinski definition) is 8. The quantitative estimate of drug-likeness (QED) is 0.330. The number of aromatic nitrogens is 2. The number of carbonyl (C=O) groups excluding carboxylic acids is 1. The summed E-state index contributed by atoms with van der Waals surface area (Å²) in [6, 6.07) is 10.1. The molecule has 10 nitrogen and oxygen atoms in total. The fourth-order valence-corrected chi connectivity index (χ4v) is 4.40. The Morgan fingerprint density at radius 2 is 1.86 bits per heavy atom. The van der Waals surface area contributed by atoms with E-state index in [1.165, 1.54) is 49.4 Å². The first-order valence-corrected chi connectivity index (χ1v) is 10.5.